The van der Waals surface area contributed by atoms with Crippen molar-refractivity contribution in [3.63, 3.8) is 0 Å². The van der Waals surface area contributed by atoms with Gasteiger partial charge in [-0.3, -0.25) is 9.52 Å². The third-order valence-electron chi connectivity index (χ3n) is 3.18. The van der Waals surface area contributed by atoms with E-state index in [1.165, 1.54) is 48.5 Å². The van der Waals surface area contributed by atoms with E-state index in [-0.39, 0.29) is 21.7 Å². The molecule has 2 aromatic carbocycles. The first kappa shape index (κ1) is 18.7. The Morgan fingerprint density at radius 1 is 1.08 bits per heavy atom. The topological polar surface area (TPSA) is 145 Å². The van der Waals surface area contributed by atoms with Gasteiger partial charge in [0.1, 0.15) is 11.0 Å². The smallest absolute Gasteiger partial charge is 0.371 e. The number of sulfonamides is 1. The Morgan fingerprint density at radius 3 is 2.42 bits per heavy atom. The largest absolute Gasteiger partial charge is 0.502 e. The number of aliphatic carboxylic acids is 1. The molecule has 0 unspecified atom stereocenters. The van der Waals surface area contributed by atoms with Crippen LogP contribution in [-0.4, -0.2) is 30.4 Å². The first-order chi connectivity index (χ1) is 12.2. The molecule has 0 saturated heterocycles. The van der Waals surface area contributed by atoms with Crippen molar-refractivity contribution in [2.75, 3.05) is 4.72 Å². The second-order valence-electron chi connectivity index (χ2n) is 4.99. The number of nitrogens with zero attached hydrogens (tertiary/aromatic N) is 1. The van der Waals surface area contributed by atoms with E-state index >= 15 is 0 Å². The van der Waals surface area contributed by atoms with Crippen LogP contribution in [0.25, 0.3) is 0 Å². The molecular formula is C17H12N2O6S. The SMILES string of the molecule is N#Cc1ccccc1S(=O)(=O)Nc1cccc(C(=O)/C=C(\O)C(=O)O)c1. The fourth-order valence-corrected chi connectivity index (χ4v) is 3.22. The number of hydrogen-bond donors (Lipinski definition) is 3. The molecule has 26 heavy (non-hydrogen) atoms. The van der Waals surface area contributed by atoms with Crippen molar-refractivity contribution in [1.82, 2.24) is 0 Å². The molecule has 0 spiro atoms. The Bertz CT molecular complexity index is 1050. The number of allylic oxidation sites excluding steroid dienone is 1. The first-order valence-corrected chi connectivity index (χ1v) is 8.53. The zero-order chi connectivity index (χ0) is 19.3. The summed E-state index contributed by atoms with van der Waals surface area (Å²) in [5, 5.41) is 26.7. The Kier molecular flexibility index (Phi) is 5.39. The van der Waals surface area contributed by atoms with Gasteiger partial charge in [-0.1, -0.05) is 24.3 Å². The highest BCUT2D eigenvalue weighted by Gasteiger charge is 2.19. The summed E-state index contributed by atoms with van der Waals surface area (Å²) in [4.78, 5) is 22.3. The zero-order valence-electron chi connectivity index (χ0n) is 13.1. The molecule has 0 bridgehead atoms. The van der Waals surface area contributed by atoms with E-state index in [2.05, 4.69) is 4.72 Å². The number of rotatable bonds is 6. The summed E-state index contributed by atoms with van der Waals surface area (Å²) >= 11 is 0. The van der Waals surface area contributed by atoms with Crippen molar-refractivity contribution in [2.45, 2.75) is 4.90 Å². The molecule has 0 fully saturated rings. The number of hydrogen-bond acceptors (Lipinski definition) is 6. The lowest BCUT2D eigenvalue weighted by Gasteiger charge is -2.10. The van der Waals surface area contributed by atoms with E-state index in [1.807, 2.05) is 0 Å². The zero-order valence-corrected chi connectivity index (χ0v) is 13.9. The minimum absolute atomic E-state index is 0.0341. The number of ketones is 1. The van der Waals surface area contributed by atoms with Gasteiger partial charge in [-0.05, 0) is 24.3 Å². The highest BCUT2D eigenvalue weighted by molar-refractivity contribution is 7.92. The van der Waals surface area contributed by atoms with Gasteiger partial charge in [0, 0.05) is 17.3 Å². The average Bonchev–Trinajstić information content (AvgIpc) is 2.61. The highest BCUT2D eigenvalue weighted by Crippen LogP contribution is 2.20. The van der Waals surface area contributed by atoms with Crippen LogP contribution in [0.5, 0.6) is 0 Å². The van der Waals surface area contributed by atoms with Crippen LogP contribution in [0.4, 0.5) is 5.69 Å². The molecule has 0 aromatic heterocycles. The third-order valence-corrected chi connectivity index (χ3v) is 4.62. The molecule has 0 amide bonds. The summed E-state index contributed by atoms with van der Waals surface area (Å²) in [6.07, 6.45) is 0.515. The Morgan fingerprint density at radius 2 is 1.77 bits per heavy atom. The Hall–Kier alpha value is -3.64. The van der Waals surface area contributed by atoms with Crippen molar-refractivity contribution >= 4 is 27.5 Å². The molecule has 0 heterocycles. The van der Waals surface area contributed by atoms with Crippen molar-refractivity contribution in [3.8, 4) is 6.07 Å². The van der Waals surface area contributed by atoms with Crippen LogP contribution in [0.3, 0.4) is 0 Å². The van der Waals surface area contributed by atoms with Crippen LogP contribution in [0.1, 0.15) is 15.9 Å². The number of benzene rings is 2. The van der Waals surface area contributed by atoms with Crippen molar-refractivity contribution < 1.29 is 28.2 Å². The number of nitriles is 1. The van der Waals surface area contributed by atoms with E-state index in [9.17, 15) is 18.0 Å². The standard InChI is InChI=1S/C17H12N2O6S/c18-10-12-4-1-2-7-16(12)26(24,25)19-13-6-3-5-11(8-13)14(20)9-15(21)17(22)23/h1-9,19,21H,(H,22,23)/b15-9-. The minimum atomic E-state index is -4.08. The van der Waals surface area contributed by atoms with Crippen LogP contribution < -0.4 is 4.72 Å². The number of carboxylic acids is 1. The lowest BCUT2D eigenvalue weighted by atomic mass is 10.1. The van der Waals surface area contributed by atoms with Crippen molar-refractivity contribution in [1.29, 1.82) is 5.26 Å². The number of aliphatic hydroxyl groups excluding tert-OH is 1. The maximum atomic E-state index is 12.5. The number of carboxylic acid groups (broad SMARTS) is 1. The summed E-state index contributed by atoms with van der Waals surface area (Å²) in [7, 11) is -4.08. The summed E-state index contributed by atoms with van der Waals surface area (Å²) < 4.78 is 27.2. The van der Waals surface area contributed by atoms with Crippen LogP contribution in [0, 0.1) is 11.3 Å². The first-order valence-electron chi connectivity index (χ1n) is 7.05. The fraction of sp³-hybridized carbons (Fsp3) is 0. The predicted octanol–water partition coefficient (Wildman–Crippen LogP) is 2.07. The molecular weight excluding hydrogens is 360 g/mol. The van der Waals surface area contributed by atoms with Gasteiger partial charge in [-0.25, -0.2) is 13.2 Å². The lowest BCUT2D eigenvalue weighted by Crippen LogP contribution is -2.14. The quantitative estimate of drug-likeness (QED) is 0.400. The molecule has 0 aliphatic heterocycles. The maximum absolute atomic E-state index is 12.5. The average molecular weight is 372 g/mol. The fourth-order valence-electron chi connectivity index (χ4n) is 2.01. The second kappa shape index (κ2) is 7.50. The van der Waals surface area contributed by atoms with Gasteiger partial charge in [0.2, 0.25) is 5.76 Å². The minimum Gasteiger partial charge on any atom is -0.502 e. The number of nitrogens with one attached hydrogen (secondary N) is 1. The lowest BCUT2D eigenvalue weighted by molar-refractivity contribution is -0.135. The van der Waals surface area contributed by atoms with E-state index < -0.39 is 27.5 Å². The number of carbonyl (C=O) groups excluding carboxylic acids is 1. The Labute approximate surface area is 148 Å². The molecule has 132 valence electrons. The van der Waals surface area contributed by atoms with E-state index in [0.29, 0.717) is 6.08 Å². The third kappa shape index (κ3) is 4.25. The molecule has 3 N–H and O–H groups in total. The second-order valence-corrected chi connectivity index (χ2v) is 6.64. The molecule has 0 aliphatic rings. The summed E-state index contributed by atoms with van der Waals surface area (Å²) in [6, 6.07) is 12.7. The number of aliphatic hydroxyl groups is 1. The highest BCUT2D eigenvalue weighted by atomic mass is 32.2. The van der Waals surface area contributed by atoms with Gasteiger partial charge >= 0.3 is 5.97 Å². The predicted molar refractivity (Wildman–Crippen MR) is 91.1 cm³/mol. The molecule has 2 aromatic rings. The molecule has 0 radical (unpaired) electrons. The number of anilines is 1. The summed E-state index contributed by atoms with van der Waals surface area (Å²) in [5.74, 6) is -3.62. The van der Waals surface area contributed by atoms with E-state index in [4.69, 9.17) is 15.5 Å². The number of carbonyl (C=O) groups is 2. The molecule has 8 nitrogen and oxygen atoms in total. The molecule has 0 aliphatic carbocycles. The Balaban J connectivity index is 2.34. The van der Waals surface area contributed by atoms with Gasteiger partial charge in [0.25, 0.3) is 10.0 Å². The monoisotopic (exact) mass is 372 g/mol. The van der Waals surface area contributed by atoms with Gasteiger partial charge in [0.05, 0.1) is 5.56 Å². The summed E-state index contributed by atoms with van der Waals surface area (Å²) in [5.41, 5.74) is -0.0417. The van der Waals surface area contributed by atoms with Gasteiger partial charge in [0.15, 0.2) is 5.78 Å². The van der Waals surface area contributed by atoms with Gasteiger partial charge < -0.3 is 10.2 Å². The van der Waals surface area contributed by atoms with Crippen LogP contribution >= 0.6 is 0 Å². The van der Waals surface area contributed by atoms with Crippen LogP contribution in [-0.2, 0) is 14.8 Å². The van der Waals surface area contributed by atoms with Gasteiger partial charge in [-0.2, -0.15) is 5.26 Å². The normalized spacial score (nSPS) is 11.4. The molecule has 2 rings (SSSR count). The van der Waals surface area contributed by atoms with Crippen LogP contribution in [0.2, 0.25) is 0 Å². The molecule has 0 saturated carbocycles. The van der Waals surface area contributed by atoms with Crippen LogP contribution in [0.15, 0.2) is 65.3 Å². The summed E-state index contributed by atoms with van der Waals surface area (Å²) in [6.45, 7) is 0. The van der Waals surface area contributed by atoms with E-state index in [1.54, 1.807) is 6.07 Å². The van der Waals surface area contributed by atoms with E-state index in [0.717, 1.165) is 0 Å². The molecule has 0 atom stereocenters. The van der Waals surface area contributed by atoms with Crippen molar-refractivity contribution in [2.24, 2.45) is 0 Å². The maximum Gasteiger partial charge on any atom is 0.371 e. The molecule has 9 heteroatoms. The van der Waals surface area contributed by atoms with Gasteiger partial charge in [-0.15, -0.1) is 0 Å². The van der Waals surface area contributed by atoms with Crippen molar-refractivity contribution in [3.05, 3.63) is 71.5 Å².